The monoisotopic (exact) mass is 189 g/mol. The molecule has 0 bridgehead atoms. The molecule has 2 aromatic rings. The molecule has 0 unspecified atom stereocenters. The molecule has 0 aliphatic carbocycles. The highest BCUT2D eigenvalue weighted by atomic mass is 15.1. The summed E-state index contributed by atoms with van der Waals surface area (Å²) in [4.78, 5) is 9.71. The first-order valence-electron chi connectivity index (χ1n) is 4.90. The molecule has 14 heavy (non-hydrogen) atoms. The lowest BCUT2D eigenvalue weighted by atomic mass is 10.2. The molecule has 0 aliphatic heterocycles. The number of fused-ring (bicyclic) bond motifs is 1. The zero-order chi connectivity index (χ0) is 9.97. The fraction of sp³-hybridized carbons (Fsp3) is 0.364. The molecule has 0 saturated carbocycles. The fourth-order valence-corrected chi connectivity index (χ4v) is 1.56. The van der Waals surface area contributed by atoms with Crippen LogP contribution in [-0.2, 0) is 6.54 Å². The van der Waals surface area contributed by atoms with Gasteiger partial charge in [0.25, 0.3) is 0 Å². The third-order valence-electron chi connectivity index (χ3n) is 2.51. The summed E-state index contributed by atoms with van der Waals surface area (Å²) in [6, 6.07) is 6.26. The van der Waals surface area contributed by atoms with Crippen LogP contribution in [0.25, 0.3) is 11.0 Å². The van der Waals surface area contributed by atoms with Crippen molar-refractivity contribution in [1.29, 1.82) is 0 Å². The smallest absolute Gasteiger partial charge is 0.0932 e. The predicted molar refractivity (Wildman–Crippen MR) is 58.1 cm³/mol. The highest BCUT2D eigenvalue weighted by Crippen LogP contribution is 2.15. The van der Waals surface area contributed by atoms with Crippen LogP contribution in [0.15, 0.2) is 24.5 Å². The molecule has 0 spiro atoms. The second-order valence-corrected chi connectivity index (χ2v) is 3.55. The van der Waals surface area contributed by atoms with Gasteiger partial charge in [-0.2, -0.15) is 0 Å². The number of rotatable bonds is 3. The number of H-pyrrole nitrogens is 1. The first-order chi connectivity index (χ1) is 6.81. The van der Waals surface area contributed by atoms with Gasteiger partial charge in [-0.3, -0.25) is 0 Å². The van der Waals surface area contributed by atoms with Crippen molar-refractivity contribution >= 4 is 11.0 Å². The number of nitrogens with one attached hydrogen (secondary N) is 1. The highest BCUT2D eigenvalue weighted by molar-refractivity contribution is 5.77. The third kappa shape index (κ3) is 1.63. The minimum atomic E-state index is 0.957. The van der Waals surface area contributed by atoms with E-state index in [1.54, 1.807) is 6.33 Å². The average molecular weight is 189 g/mol. The second kappa shape index (κ2) is 3.80. The summed E-state index contributed by atoms with van der Waals surface area (Å²) in [5.74, 6) is 0. The van der Waals surface area contributed by atoms with Crippen LogP contribution in [0.1, 0.15) is 12.5 Å². The normalized spacial score (nSPS) is 11.4. The minimum absolute atomic E-state index is 0.957. The number of benzene rings is 1. The number of nitrogens with zero attached hydrogens (tertiary/aromatic N) is 2. The van der Waals surface area contributed by atoms with E-state index >= 15 is 0 Å². The van der Waals surface area contributed by atoms with Gasteiger partial charge in [-0.05, 0) is 25.2 Å². The van der Waals surface area contributed by atoms with Crippen molar-refractivity contribution in [2.24, 2.45) is 0 Å². The molecule has 1 heterocycles. The maximum absolute atomic E-state index is 4.32. The quantitative estimate of drug-likeness (QED) is 0.801. The zero-order valence-electron chi connectivity index (χ0n) is 8.62. The van der Waals surface area contributed by atoms with Gasteiger partial charge in [-0.1, -0.05) is 19.1 Å². The Labute approximate surface area is 83.8 Å². The summed E-state index contributed by atoms with van der Waals surface area (Å²) in [6.07, 6.45) is 1.75. The fourth-order valence-electron chi connectivity index (χ4n) is 1.56. The van der Waals surface area contributed by atoms with Crippen LogP contribution in [-0.4, -0.2) is 28.5 Å². The van der Waals surface area contributed by atoms with Gasteiger partial charge in [0.05, 0.1) is 17.4 Å². The predicted octanol–water partition coefficient (Wildman–Crippen LogP) is 2.01. The Morgan fingerprint density at radius 2 is 2.29 bits per heavy atom. The Kier molecular flexibility index (Phi) is 2.50. The lowest BCUT2D eigenvalue weighted by molar-refractivity contribution is 0.347. The lowest BCUT2D eigenvalue weighted by Crippen LogP contribution is -2.16. The Bertz CT molecular complexity index is 419. The van der Waals surface area contributed by atoms with E-state index in [-0.39, 0.29) is 0 Å². The van der Waals surface area contributed by atoms with E-state index in [0.29, 0.717) is 0 Å². The summed E-state index contributed by atoms with van der Waals surface area (Å²) in [7, 11) is 2.12. The van der Waals surface area contributed by atoms with Crippen LogP contribution in [0, 0.1) is 0 Å². The number of hydrogen-bond donors (Lipinski definition) is 1. The first kappa shape index (κ1) is 9.21. The molecule has 0 amide bonds. The zero-order valence-corrected chi connectivity index (χ0v) is 8.62. The Morgan fingerprint density at radius 1 is 1.43 bits per heavy atom. The molecular weight excluding hydrogens is 174 g/mol. The number of aromatic nitrogens is 2. The van der Waals surface area contributed by atoms with E-state index in [1.165, 1.54) is 5.56 Å². The van der Waals surface area contributed by atoms with E-state index in [4.69, 9.17) is 0 Å². The van der Waals surface area contributed by atoms with Gasteiger partial charge in [0, 0.05) is 6.54 Å². The minimum Gasteiger partial charge on any atom is -0.345 e. The van der Waals surface area contributed by atoms with E-state index in [9.17, 15) is 0 Å². The lowest BCUT2D eigenvalue weighted by Gasteiger charge is -2.13. The summed E-state index contributed by atoms with van der Waals surface area (Å²) in [5, 5.41) is 0. The van der Waals surface area contributed by atoms with Crippen molar-refractivity contribution in [3.05, 3.63) is 30.1 Å². The van der Waals surface area contributed by atoms with E-state index in [0.717, 1.165) is 24.1 Å². The van der Waals surface area contributed by atoms with Gasteiger partial charge in [-0.25, -0.2) is 4.98 Å². The highest BCUT2D eigenvalue weighted by Gasteiger charge is 2.04. The molecule has 0 aliphatic rings. The number of para-hydroxylation sites is 1. The van der Waals surface area contributed by atoms with E-state index in [1.807, 2.05) is 0 Å². The molecular formula is C11H15N3. The van der Waals surface area contributed by atoms with Gasteiger partial charge >= 0.3 is 0 Å². The summed E-state index contributed by atoms with van der Waals surface area (Å²) in [6.45, 7) is 4.17. The summed E-state index contributed by atoms with van der Waals surface area (Å²) >= 11 is 0. The third-order valence-corrected chi connectivity index (χ3v) is 2.51. The standard InChI is InChI=1S/C11H15N3/c1-3-14(2)7-9-5-4-6-10-11(9)13-8-12-10/h4-6,8H,3,7H2,1-2H3,(H,12,13). The maximum atomic E-state index is 4.32. The van der Waals surface area contributed by atoms with Crippen LogP contribution in [0.4, 0.5) is 0 Å². The van der Waals surface area contributed by atoms with Gasteiger partial charge < -0.3 is 9.88 Å². The molecule has 0 atom stereocenters. The van der Waals surface area contributed by atoms with Crippen LogP contribution in [0.5, 0.6) is 0 Å². The topological polar surface area (TPSA) is 31.9 Å². The van der Waals surface area contributed by atoms with Crippen molar-refractivity contribution < 1.29 is 0 Å². The SMILES string of the molecule is CCN(C)Cc1cccc2[nH]cnc12. The molecule has 3 heteroatoms. The molecule has 1 aromatic carbocycles. The van der Waals surface area contributed by atoms with Crippen molar-refractivity contribution in [2.75, 3.05) is 13.6 Å². The second-order valence-electron chi connectivity index (χ2n) is 3.55. The van der Waals surface area contributed by atoms with Gasteiger partial charge in [0.2, 0.25) is 0 Å². The number of aromatic amines is 1. The molecule has 74 valence electrons. The first-order valence-corrected chi connectivity index (χ1v) is 4.90. The Hall–Kier alpha value is -1.35. The largest absolute Gasteiger partial charge is 0.345 e. The van der Waals surface area contributed by atoms with Crippen molar-refractivity contribution in [3.8, 4) is 0 Å². The van der Waals surface area contributed by atoms with Crippen LogP contribution in [0.2, 0.25) is 0 Å². The van der Waals surface area contributed by atoms with Gasteiger partial charge in [-0.15, -0.1) is 0 Å². The van der Waals surface area contributed by atoms with Crippen molar-refractivity contribution in [1.82, 2.24) is 14.9 Å². The van der Waals surface area contributed by atoms with Crippen molar-refractivity contribution in [3.63, 3.8) is 0 Å². The number of imidazole rings is 1. The molecule has 1 aromatic heterocycles. The molecule has 3 nitrogen and oxygen atoms in total. The van der Waals surface area contributed by atoms with Gasteiger partial charge in [0.15, 0.2) is 0 Å². The van der Waals surface area contributed by atoms with E-state index < -0.39 is 0 Å². The summed E-state index contributed by atoms with van der Waals surface area (Å²) < 4.78 is 0. The van der Waals surface area contributed by atoms with Crippen LogP contribution < -0.4 is 0 Å². The van der Waals surface area contributed by atoms with Gasteiger partial charge in [0.1, 0.15) is 0 Å². The van der Waals surface area contributed by atoms with Crippen LogP contribution >= 0.6 is 0 Å². The van der Waals surface area contributed by atoms with Crippen LogP contribution in [0.3, 0.4) is 0 Å². The molecule has 0 radical (unpaired) electrons. The average Bonchev–Trinajstić information content (AvgIpc) is 2.66. The maximum Gasteiger partial charge on any atom is 0.0932 e. The summed E-state index contributed by atoms with van der Waals surface area (Å²) in [5.41, 5.74) is 3.49. The van der Waals surface area contributed by atoms with E-state index in [2.05, 4.69) is 47.0 Å². The molecule has 1 N–H and O–H groups in total. The van der Waals surface area contributed by atoms with Crippen molar-refractivity contribution in [2.45, 2.75) is 13.5 Å². The molecule has 0 fully saturated rings. The Morgan fingerprint density at radius 3 is 3.07 bits per heavy atom. The Balaban J connectivity index is 2.36. The molecule has 0 saturated heterocycles. The number of hydrogen-bond acceptors (Lipinski definition) is 2. The molecule has 2 rings (SSSR count).